The van der Waals surface area contributed by atoms with Crippen LogP contribution in [0.1, 0.15) is 36.8 Å². The van der Waals surface area contributed by atoms with Crippen LogP contribution in [0.25, 0.3) is 0 Å². The van der Waals surface area contributed by atoms with Crippen LogP contribution in [0.2, 0.25) is 5.02 Å². The SMILES string of the molecule is Oc1cccc(C23CCN(CCc4ccccc4Cl)CC2CCC(O)C3)c1. The Morgan fingerprint density at radius 3 is 2.78 bits per heavy atom. The van der Waals surface area contributed by atoms with Crippen LogP contribution in [0, 0.1) is 5.92 Å². The average molecular weight is 386 g/mol. The van der Waals surface area contributed by atoms with Crippen molar-refractivity contribution in [3.05, 3.63) is 64.7 Å². The second-order valence-corrected chi connectivity index (χ2v) is 8.64. The Balaban J connectivity index is 1.50. The maximum Gasteiger partial charge on any atom is 0.115 e. The van der Waals surface area contributed by atoms with E-state index in [1.807, 2.05) is 30.3 Å². The van der Waals surface area contributed by atoms with Gasteiger partial charge in [-0.3, -0.25) is 0 Å². The predicted molar refractivity (Wildman–Crippen MR) is 109 cm³/mol. The van der Waals surface area contributed by atoms with Crippen molar-refractivity contribution >= 4 is 11.6 Å². The largest absolute Gasteiger partial charge is 0.508 e. The molecule has 3 nitrogen and oxygen atoms in total. The van der Waals surface area contributed by atoms with Crippen molar-refractivity contribution in [3.8, 4) is 5.75 Å². The van der Waals surface area contributed by atoms with Gasteiger partial charge in [-0.2, -0.15) is 0 Å². The van der Waals surface area contributed by atoms with E-state index in [1.54, 1.807) is 6.07 Å². The number of phenolic OH excluding ortho intramolecular Hbond substituents is 1. The summed E-state index contributed by atoms with van der Waals surface area (Å²) in [5.41, 5.74) is 2.39. The standard InChI is InChI=1S/C23H28ClNO2/c24-22-7-2-1-4-17(22)10-12-25-13-11-23(18-5-3-6-20(26)14-18)15-21(27)9-8-19(23)16-25/h1-7,14,19,21,26-27H,8-13,15-16H2. The summed E-state index contributed by atoms with van der Waals surface area (Å²) < 4.78 is 0. The van der Waals surface area contributed by atoms with Gasteiger partial charge in [0.1, 0.15) is 5.75 Å². The molecule has 0 aromatic heterocycles. The molecule has 3 atom stereocenters. The van der Waals surface area contributed by atoms with E-state index in [0.717, 1.165) is 56.8 Å². The molecule has 2 fully saturated rings. The van der Waals surface area contributed by atoms with E-state index in [4.69, 9.17) is 11.6 Å². The molecule has 2 N–H and O–H groups in total. The zero-order valence-corrected chi connectivity index (χ0v) is 16.4. The molecule has 144 valence electrons. The Kier molecular flexibility index (Phi) is 5.45. The third-order valence-electron chi connectivity index (χ3n) is 6.66. The van der Waals surface area contributed by atoms with Gasteiger partial charge in [0, 0.05) is 23.5 Å². The van der Waals surface area contributed by atoms with Gasteiger partial charge in [-0.25, -0.2) is 0 Å². The van der Waals surface area contributed by atoms with E-state index in [0.29, 0.717) is 11.7 Å². The molecular weight excluding hydrogens is 358 g/mol. The molecule has 3 unspecified atom stereocenters. The van der Waals surface area contributed by atoms with Gasteiger partial charge >= 0.3 is 0 Å². The molecule has 4 heteroatoms. The molecule has 1 saturated heterocycles. The van der Waals surface area contributed by atoms with E-state index < -0.39 is 0 Å². The minimum absolute atomic E-state index is 0.0166. The van der Waals surface area contributed by atoms with Gasteiger partial charge in [-0.15, -0.1) is 0 Å². The molecule has 27 heavy (non-hydrogen) atoms. The Morgan fingerprint density at radius 2 is 1.96 bits per heavy atom. The average Bonchev–Trinajstić information content (AvgIpc) is 2.67. The summed E-state index contributed by atoms with van der Waals surface area (Å²) in [6.45, 7) is 3.08. The van der Waals surface area contributed by atoms with Gasteiger partial charge in [0.05, 0.1) is 6.10 Å². The summed E-state index contributed by atoms with van der Waals surface area (Å²) in [6, 6.07) is 15.8. The molecule has 0 bridgehead atoms. The highest BCUT2D eigenvalue weighted by Gasteiger charge is 2.47. The summed E-state index contributed by atoms with van der Waals surface area (Å²) in [7, 11) is 0. The van der Waals surface area contributed by atoms with Crippen molar-refractivity contribution < 1.29 is 10.2 Å². The number of benzene rings is 2. The van der Waals surface area contributed by atoms with Crippen molar-refractivity contribution in [2.24, 2.45) is 5.92 Å². The number of aliphatic hydroxyl groups is 1. The van der Waals surface area contributed by atoms with Crippen LogP contribution < -0.4 is 0 Å². The molecule has 1 heterocycles. The predicted octanol–water partition coefficient (Wildman–Crippen LogP) is 4.39. The number of nitrogens with zero attached hydrogens (tertiary/aromatic N) is 1. The summed E-state index contributed by atoms with van der Waals surface area (Å²) in [6.07, 6.45) is 4.48. The second-order valence-electron chi connectivity index (χ2n) is 8.23. The fourth-order valence-corrected chi connectivity index (χ4v) is 5.42. The van der Waals surface area contributed by atoms with E-state index in [-0.39, 0.29) is 11.5 Å². The number of aliphatic hydroxyl groups excluding tert-OH is 1. The maximum absolute atomic E-state index is 10.4. The Morgan fingerprint density at radius 1 is 1.11 bits per heavy atom. The lowest BCUT2D eigenvalue weighted by Gasteiger charge is -2.52. The molecule has 1 saturated carbocycles. The highest BCUT2D eigenvalue weighted by molar-refractivity contribution is 6.31. The number of phenols is 1. The highest BCUT2D eigenvalue weighted by Crippen LogP contribution is 2.49. The second kappa shape index (κ2) is 7.83. The molecular formula is C23H28ClNO2. The van der Waals surface area contributed by atoms with Crippen LogP contribution >= 0.6 is 11.6 Å². The van der Waals surface area contributed by atoms with E-state index in [1.165, 1.54) is 11.1 Å². The third-order valence-corrected chi connectivity index (χ3v) is 7.03. The number of fused-ring (bicyclic) bond motifs is 1. The first-order valence-electron chi connectivity index (χ1n) is 10.0. The van der Waals surface area contributed by atoms with Crippen LogP contribution in [0.4, 0.5) is 0 Å². The number of hydrogen-bond donors (Lipinski definition) is 2. The molecule has 0 radical (unpaired) electrons. The quantitative estimate of drug-likeness (QED) is 0.820. The minimum Gasteiger partial charge on any atom is -0.508 e. The lowest BCUT2D eigenvalue weighted by Crippen LogP contribution is -2.54. The van der Waals surface area contributed by atoms with Crippen molar-refractivity contribution in [1.82, 2.24) is 4.90 Å². The Hall–Kier alpha value is -1.55. The molecule has 4 rings (SSSR count). The first-order chi connectivity index (χ1) is 13.1. The lowest BCUT2D eigenvalue weighted by molar-refractivity contribution is -0.00335. The van der Waals surface area contributed by atoms with Gasteiger partial charge in [0.25, 0.3) is 0 Å². The van der Waals surface area contributed by atoms with Crippen LogP contribution in [0.3, 0.4) is 0 Å². The van der Waals surface area contributed by atoms with Crippen LogP contribution in [-0.4, -0.2) is 40.9 Å². The Labute approximate surface area is 166 Å². The molecule has 1 aliphatic heterocycles. The van der Waals surface area contributed by atoms with Crippen LogP contribution in [0.5, 0.6) is 5.75 Å². The van der Waals surface area contributed by atoms with Gasteiger partial charge in [-0.1, -0.05) is 41.9 Å². The number of aromatic hydroxyl groups is 1. The number of halogens is 1. The molecule has 2 aliphatic rings. The van der Waals surface area contributed by atoms with Crippen molar-refractivity contribution in [2.45, 2.75) is 43.6 Å². The van der Waals surface area contributed by atoms with Gasteiger partial charge in [-0.05, 0) is 73.9 Å². The molecule has 2 aromatic rings. The zero-order valence-electron chi connectivity index (χ0n) is 15.6. The lowest BCUT2D eigenvalue weighted by atomic mass is 9.58. The smallest absolute Gasteiger partial charge is 0.115 e. The van der Waals surface area contributed by atoms with Crippen molar-refractivity contribution in [1.29, 1.82) is 0 Å². The fraction of sp³-hybridized carbons (Fsp3) is 0.478. The first-order valence-corrected chi connectivity index (χ1v) is 10.4. The summed E-state index contributed by atoms with van der Waals surface area (Å²) in [5.74, 6) is 0.838. The summed E-state index contributed by atoms with van der Waals surface area (Å²) >= 11 is 6.32. The Bertz CT molecular complexity index is 795. The monoisotopic (exact) mass is 385 g/mol. The van der Waals surface area contributed by atoms with E-state index in [9.17, 15) is 10.2 Å². The number of piperidine rings is 1. The molecule has 0 spiro atoms. The molecule has 2 aromatic carbocycles. The van der Waals surface area contributed by atoms with E-state index in [2.05, 4.69) is 17.0 Å². The van der Waals surface area contributed by atoms with Crippen LogP contribution in [-0.2, 0) is 11.8 Å². The van der Waals surface area contributed by atoms with Crippen molar-refractivity contribution in [2.75, 3.05) is 19.6 Å². The minimum atomic E-state index is -0.238. The highest BCUT2D eigenvalue weighted by atomic mass is 35.5. The topological polar surface area (TPSA) is 43.7 Å². The number of hydrogen-bond acceptors (Lipinski definition) is 3. The number of rotatable bonds is 4. The van der Waals surface area contributed by atoms with Gasteiger partial charge < -0.3 is 15.1 Å². The van der Waals surface area contributed by atoms with Gasteiger partial charge in [0.2, 0.25) is 0 Å². The van der Waals surface area contributed by atoms with E-state index >= 15 is 0 Å². The summed E-state index contributed by atoms with van der Waals surface area (Å²) in [5, 5.41) is 21.3. The van der Waals surface area contributed by atoms with Gasteiger partial charge in [0.15, 0.2) is 0 Å². The zero-order chi connectivity index (χ0) is 18.9. The van der Waals surface area contributed by atoms with Crippen molar-refractivity contribution in [3.63, 3.8) is 0 Å². The molecule has 1 aliphatic carbocycles. The fourth-order valence-electron chi connectivity index (χ4n) is 5.19. The van der Waals surface area contributed by atoms with Crippen LogP contribution in [0.15, 0.2) is 48.5 Å². The normalized spacial score (nSPS) is 28.7. The summed E-state index contributed by atoms with van der Waals surface area (Å²) in [4.78, 5) is 2.55. The molecule has 0 amide bonds. The third kappa shape index (κ3) is 3.87. The first kappa shape index (κ1) is 18.8. The number of likely N-dealkylation sites (tertiary alicyclic amines) is 1. The maximum atomic E-state index is 10.4.